The molecule has 1 amide bonds. The van der Waals surface area contributed by atoms with E-state index < -0.39 is 5.91 Å². The standard InChI is InChI=1S/C28H23N3O3S/c1-16-8-9-19(14-18(16)3)23-12-13-25(33-23)26(32)31-28(35)29-20-10-11-24-22(15-20)30-27(34-24)21-7-5-4-6-17(21)2/h4-15H,1-3H3,(H2,29,31,32,35). The van der Waals surface area contributed by atoms with Crippen molar-refractivity contribution in [1.29, 1.82) is 0 Å². The number of aromatic nitrogens is 1. The highest BCUT2D eigenvalue weighted by Crippen LogP contribution is 2.28. The summed E-state index contributed by atoms with van der Waals surface area (Å²) in [7, 11) is 0. The third kappa shape index (κ3) is 4.72. The van der Waals surface area contributed by atoms with Crippen LogP contribution in [0.5, 0.6) is 0 Å². The molecule has 2 N–H and O–H groups in total. The number of amides is 1. The number of nitrogens with zero attached hydrogens (tertiary/aromatic N) is 1. The van der Waals surface area contributed by atoms with Crippen molar-refractivity contribution in [3.8, 4) is 22.8 Å². The lowest BCUT2D eigenvalue weighted by atomic mass is 10.1. The first kappa shape index (κ1) is 22.6. The van der Waals surface area contributed by atoms with Crippen LogP contribution in [0.4, 0.5) is 5.69 Å². The molecule has 5 rings (SSSR count). The van der Waals surface area contributed by atoms with E-state index in [1.807, 2.05) is 74.5 Å². The quantitative estimate of drug-likeness (QED) is 0.275. The second-order valence-electron chi connectivity index (χ2n) is 8.39. The Labute approximate surface area is 208 Å². The van der Waals surface area contributed by atoms with E-state index in [1.165, 1.54) is 5.56 Å². The van der Waals surface area contributed by atoms with Crippen LogP contribution in [0.15, 0.2) is 81.6 Å². The molecule has 5 aromatic rings. The van der Waals surface area contributed by atoms with Crippen LogP contribution in [0, 0.1) is 20.8 Å². The minimum atomic E-state index is -0.429. The van der Waals surface area contributed by atoms with Gasteiger partial charge in [0.2, 0.25) is 5.89 Å². The Bertz CT molecular complexity index is 1580. The van der Waals surface area contributed by atoms with Gasteiger partial charge in [-0.25, -0.2) is 4.98 Å². The number of rotatable bonds is 4. The third-order valence-electron chi connectivity index (χ3n) is 5.87. The second kappa shape index (κ2) is 9.19. The topological polar surface area (TPSA) is 80.3 Å². The molecule has 0 atom stereocenters. The minimum absolute atomic E-state index is 0.154. The van der Waals surface area contributed by atoms with Gasteiger partial charge in [0.25, 0.3) is 5.91 Å². The Morgan fingerprint density at radius 3 is 2.49 bits per heavy atom. The van der Waals surface area contributed by atoms with Gasteiger partial charge in [-0.1, -0.05) is 30.3 Å². The Kier molecular flexibility index (Phi) is 5.93. The normalized spacial score (nSPS) is 10.9. The molecule has 0 saturated heterocycles. The number of furan rings is 1. The number of hydrogen-bond acceptors (Lipinski definition) is 5. The summed E-state index contributed by atoms with van der Waals surface area (Å²) in [5.74, 6) is 0.931. The number of carbonyl (C=O) groups is 1. The molecule has 0 aliphatic carbocycles. The van der Waals surface area contributed by atoms with Crippen LogP contribution in [0.3, 0.4) is 0 Å². The molecule has 0 unspecified atom stereocenters. The Morgan fingerprint density at radius 2 is 1.69 bits per heavy atom. The minimum Gasteiger partial charge on any atom is -0.451 e. The number of anilines is 1. The summed E-state index contributed by atoms with van der Waals surface area (Å²) in [6.07, 6.45) is 0. The van der Waals surface area contributed by atoms with Crippen LogP contribution in [0.2, 0.25) is 0 Å². The maximum Gasteiger partial charge on any atom is 0.293 e. The molecular formula is C28H23N3O3S. The summed E-state index contributed by atoms with van der Waals surface area (Å²) in [5, 5.41) is 5.84. The van der Waals surface area contributed by atoms with Crippen LogP contribution in [-0.2, 0) is 0 Å². The number of carbonyl (C=O) groups excluding carboxylic acids is 1. The molecule has 0 radical (unpaired) electrons. The van der Waals surface area contributed by atoms with Crippen molar-refractivity contribution >= 4 is 40.0 Å². The van der Waals surface area contributed by atoms with E-state index in [4.69, 9.17) is 21.1 Å². The molecule has 0 spiro atoms. The first-order chi connectivity index (χ1) is 16.9. The highest BCUT2D eigenvalue weighted by atomic mass is 32.1. The lowest BCUT2D eigenvalue weighted by Crippen LogP contribution is -2.33. The SMILES string of the molecule is Cc1ccc(-c2ccc(C(=O)NC(=S)Nc3ccc4oc(-c5ccccc5C)nc4c3)o2)cc1C. The van der Waals surface area contributed by atoms with Gasteiger partial charge < -0.3 is 14.2 Å². The van der Waals surface area contributed by atoms with Crippen molar-refractivity contribution in [2.75, 3.05) is 5.32 Å². The summed E-state index contributed by atoms with van der Waals surface area (Å²) in [5.41, 5.74) is 7.33. The molecule has 174 valence electrons. The number of aryl methyl sites for hydroxylation is 3. The van der Waals surface area contributed by atoms with Gasteiger partial charge in [0, 0.05) is 16.8 Å². The van der Waals surface area contributed by atoms with Gasteiger partial charge in [0.15, 0.2) is 16.5 Å². The largest absolute Gasteiger partial charge is 0.451 e. The molecule has 0 aliphatic heterocycles. The number of oxazole rings is 1. The summed E-state index contributed by atoms with van der Waals surface area (Å²) < 4.78 is 11.7. The van der Waals surface area contributed by atoms with E-state index in [2.05, 4.69) is 22.5 Å². The second-order valence-corrected chi connectivity index (χ2v) is 8.80. The van der Waals surface area contributed by atoms with Crippen LogP contribution in [0.1, 0.15) is 27.2 Å². The third-order valence-corrected chi connectivity index (χ3v) is 6.07. The van der Waals surface area contributed by atoms with Gasteiger partial charge in [-0.2, -0.15) is 0 Å². The van der Waals surface area contributed by atoms with Gasteiger partial charge in [-0.05, 0) is 92.1 Å². The van der Waals surface area contributed by atoms with Gasteiger partial charge in [-0.3, -0.25) is 10.1 Å². The molecular weight excluding hydrogens is 458 g/mol. The van der Waals surface area contributed by atoms with E-state index in [9.17, 15) is 4.79 Å². The average molecular weight is 482 g/mol. The Balaban J connectivity index is 1.27. The fraction of sp³-hybridized carbons (Fsp3) is 0.107. The molecule has 2 heterocycles. The summed E-state index contributed by atoms with van der Waals surface area (Å²) in [6.45, 7) is 6.11. The van der Waals surface area contributed by atoms with E-state index in [0.717, 1.165) is 22.3 Å². The van der Waals surface area contributed by atoms with Crippen LogP contribution >= 0.6 is 12.2 Å². The highest BCUT2D eigenvalue weighted by Gasteiger charge is 2.15. The fourth-order valence-corrected chi connectivity index (χ4v) is 3.98. The smallest absolute Gasteiger partial charge is 0.293 e. The molecule has 0 bridgehead atoms. The zero-order chi connectivity index (χ0) is 24.5. The van der Waals surface area contributed by atoms with Gasteiger partial charge in [-0.15, -0.1) is 0 Å². The monoisotopic (exact) mass is 481 g/mol. The Hall–Kier alpha value is -4.23. The van der Waals surface area contributed by atoms with Gasteiger partial charge in [0.05, 0.1) is 0 Å². The predicted molar refractivity (Wildman–Crippen MR) is 141 cm³/mol. The zero-order valence-electron chi connectivity index (χ0n) is 19.5. The highest BCUT2D eigenvalue weighted by molar-refractivity contribution is 7.80. The lowest BCUT2D eigenvalue weighted by Gasteiger charge is -2.08. The Morgan fingerprint density at radius 1 is 0.857 bits per heavy atom. The maximum atomic E-state index is 12.7. The first-order valence-corrected chi connectivity index (χ1v) is 11.5. The molecule has 7 heteroatoms. The predicted octanol–water partition coefficient (Wildman–Crippen LogP) is 6.81. The molecule has 2 aromatic heterocycles. The molecule has 35 heavy (non-hydrogen) atoms. The van der Waals surface area contributed by atoms with Crippen LogP contribution in [0.25, 0.3) is 33.9 Å². The first-order valence-electron chi connectivity index (χ1n) is 11.1. The number of benzene rings is 3. The van der Waals surface area contributed by atoms with Crippen molar-refractivity contribution in [3.63, 3.8) is 0 Å². The summed E-state index contributed by atoms with van der Waals surface area (Å²) in [6, 6.07) is 22.8. The molecule has 0 fully saturated rings. The van der Waals surface area contributed by atoms with Gasteiger partial charge >= 0.3 is 0 Å². The number of hydrogen-bond donors (Lipinski definition) is 2. The number of nitrogens with one attached hydrogen (secondary N) is 2. The summed E-state index contributed by atoms with van der Waals surface area (Å²) in [4.78, 5) is 17.3. The molecule has 0 saturated carbocycles. The van der Waals surface area contributed by atoms with Crippen molar-refractivity contribution in [1.82, 2.24) is 10.3 Å². The van der Waals surface area contributed by atoms with E-state index in [0.29, 0.717) is 28.4 Å². The fourth-order valence-electron chi connectivity index (χ4n) is 3.77. The van der Waals surface area contributed by atoms with Crippen molar-refractivity contribution < 1.29 is 13.6 Å². The average Bonchev–Trinajstić information content (AvgIpc) is 3.48. The zero-order valence-corrected chi connectivity index (χ0v) is 20.3. The van der Waals surface area contributed by atoms with E-state index in [-0.39, 0.29) is 10.9 Å². The van der Waals surface area contributed by atoms with Crippen LogP contribution in [-0.4, -0.2) is 16.0 Å². The molecule has 3 aromatic carbocycles. The number of thiocarbonyl (C=S) groups is 1. The van der Waals surface area contributed by atoms with Crippen LogP contribution < -0.4 is 10.6 Å². The van der Waals surface area contributed by atoms with Crippen molar-refractivity contribution in [3.05, 3.63) is 95.2 Å². The van der Waals surface area contributed by atoms with Crippen molar-refractivity contribution in [2.45, 2.75) is 20.8 Å². The maximum absolute atomic E-state index is 12.7. The van der Waals surface area contributed by atoms with Crippen molar-refractivity contribution in [2.24, 2.45) is 0 Å². The lowest BCUT2D eigenvalue weighted by molar-refractivity contribution is 0.0951. The van der Waals surface area contributed by atoms with E-state index in [1.54, 1.807) is 12.1 Å². The summed E-state index contributed by atoms with van der Waals surface area (Å²) >= 11 is 5.34. The van der Waals surface area contributed by atoms with E-state index >= 15 is 0 Å². The number of fused-ring (bicyclic) bond motifs is 1. The van der Waals surface area contributed by atoms with Gasteiger partial charge in [0.1, 0.15) is 11.3 Å². The molecule has 6 nitrogen and oxygen atoms in total. The molecule has 0 aliphatic rings.